The molecule has 1 saturated carbocycles. The fraction of sp³-hybridized carbons (Fsp3) is 0.643. The van der Waals surface area contributed by atoms with Gasteiger partial charge in [0.2, 0.25) is 0 Å². The van der Waals surface area contributed by atoms with Crippen molar-refractivity contribution in [2.24, 2.45) is 5.92 Å². The molecule has 0 amide bonds. The van der Waals surface area contributed by atoms with Crippen LogP contribution in [0.5, 0.6) is 0 Å². The fourth-order valence-electron chi connectivity index (χ4n) is 2.50. The van der Waals surface area contributed by atoms with Gasteiger partial charge in [0.1, 0.15) is 0 Å². The number of nitrogens with zero attached hydrogens (tertiary/aromatic N) is 2. The van der Waals surface area contributed by atoms with Gasteiger partial charge in [0, 0.05) is 17.6 Å². The van der Waals surface area contributed by atoms with Gasteiger partial charge in [-0.2, -0.15) is 0 Å². The Morgan fingerprint density at radius 3 is 3.06 bits per heavy atom. The Bertz CT molecular complexity index is 536. The molecule has 18 heavy (non-hydrogen) atoms. The summed E-state index contributed by atoms with van der Waals surface area (Å²) in [7, 11) is 0. The first-order valence-corrected chi connectivity index (χ1v) is 7.76. The number of imidazole rings is 1. The standard InChI is InChI=1S/C14H21N3S/c1-10-9-18-14-16-11(2)13(17(10)14)8-15-7-3-4-12-5-6-12/h9,12,15H,3-8H2,1-2H3. The van der Waals surface area contributed by atoms with Crippen molar-refractivity contribution in [2.45, 2.75) is 46.1 Å². The summed E-state index contributed by atoms with van der Waals surface area (Å²) in [5.74, 6) is 1.05. The average molecular weight is 263 g/mol. The first-order valence-electron chi connectivity index (χ1n) is 6.88. The number of hydrogen-bond acceptors (Lipinski definition) is 3. The zero-order valence-electron chi connectivity index (χ0n) is 11.2. The zero-order chi connectivity index (χ0) is 12.5. The average Bonchev–Trinajstić information content (AvgIpc) is 3.03. The molecule has 0 aliphatic heterocycles. The van der Waals surface area contributed by atoms with Crippen LogP contribution in [0.25, 0.3) is 4.96 Å². The first-order chi connectivity index (χ1) is 8.75. The van der Waals surface area contributed by atoms with Crippen molar-refractivity contribution in [3.05, 3.63) is 22.5 Å². The second-order valence-electron chi connectivity index (χ2n) is 5.40. The summed E-state index contributed by atoms with van der Waals surface area (Å²) in [6.07, 6.45) is 5.66. The van der Waals surface area contributed by atoms with Gasteiger partial charge in [0.15, 0.2) is 4.96 Å². The molecule has 1 aliphatic rings. The second-order valence-corrected chi connectivity index (χ2v) is 6.24. The third-order valence-electron chi connectivity index (χ3n) is 3.79. The van der Waals surface area contributed by atoms with Crippen molar-refractivity contribution >= 4 is 16.3 Å². The van der Waals surface area contributed by atoms with Crippen LogP contribution in [-0.4, -0.2) is 15.9 Å². The van der Waals surface area contributed by atoms with Gasteiger partial charge in [0.25, 0.3) is 0 Å². The molecule has 0 atom stereocenters. The fourth-order valence-corrected chi connectivity index (χ4v) is 3.44. The lowest BCUT2D eigenvalue weighted by Crippen LogP contribution is -2.17. The molecule has 0 saturated heterocycles. The van der Waals surface area contributed by atoms with Crippen LogP contribution < -0.4 is 5.32 Å². The predicted molar refractivity (Wildman–Crippen MR) is 76.2 cm³/mol. The minimum absolute atomic E-state index is 0.940. The Kier molecular flexibility index (Phi) is 3.39. The van der Waals surface area contributed by atoms with Gasteiger partial charge < -0.3 is 5.32 Å². The molecule has 0 spiro atoms. The number of thiazole rings is 1. The van der Waals surface area contributed by atoms with E-state index in [-0.39, 0.29) is 0 Å². The predicted octanol–water partition coefficient (Wildman–Crippen LogP) is 3.29. The van der Waals surface area contributed by atoms with Gasteiger partial charge in [-0.1, -0.05) is 12.8 Å². The van der Waals surface area contributed by atoms with Crippen molar-refractivity contribution in [3.63, 3.8) is 0 Å². The lowest BCUT2D eigenvalue weighted by atomic mass is 10.2. The van der Waals surface area contributed by atoms with E-state index < -0.39 is 0 Å². The minimum atomic E-state index is 0.940. The molecular weight excluding hydrogens is 242 g/mol. The largest absolute Gasteiger partial charge is 0.311 e. The topological polar surface area (TPSA) is 29.3 Å². The molecule has 0 unspecified atom stereocenters. The number of aromatic nitrogens is 2. The third kappa shape index (κ3) is 2.45. The minimum Gasteiger partial charge on any atom is -0.311 e. The lowest BCUT2D eigenvalue weighted by Gasteiger charge is -2.05. The van der Waals surface area contributed by atoms with Crippen molar-refractivity contribution in [1.29, 1.82) is 0 Å². The van der Waals surface area contributed by atoms with Crippen molar-refractivity contribution in [2.75, 3.05) is 6.54 Å². The van der Waals surface area contributed by atoms with E-state index in [2.05, 4.69) is 33.9 Å². The van der Waals surface area contributed by atoms with Crippen LogP contribution in [0.2, 0.25) is 0 Å². The van der Waals surface area contributed by atoms with E-state index in [4.69, 9.17) is 0 Å². The quantitative estimate of drug-likeness (QED) is 0.810. The maximum absolute atomic E-state index is 4.61. The van der Waals surface area contributed by atoms with Crippen LogP contribution >= 0.6 is 11.3 Å². The van der Waals surface area contributed by atoms with Gasteiger partial charge in [-0.15, -0.1) is 11.3 Å². The highest BCUT2D eigenvalue weighted by Crippen LogP contribution is 2.33. The zero-order valence-corrected chi connectivity index (χ0v) is 12.0. The van der Waals surface area contributed by atoms with Crippen molar-refractivity contribution in [1.82, 2.24) is 14.7 Å². The highest BCUT2D eigenvalue weighted by Gasteiger charge is 2.20. The third-order valence-corrected chi connectivity index (χ3v) is 4.73. The van der Waals surface area contributed by atoms with Gasteiger partial charge >= 0.3 is 0 Å². The SMILES string of the molecule is Cc1nc2scc(C)n2c1CNCCCC1CC1. The van der Waals surface area contributed by atoms with Crippen molar-refractivity contribution < 1.29 is 0 Å². The molecule has 1 aliphatic carbocycles. The van der Waals surface area contributed by atoms with E-state index in [0.717, 1.165) is 24.0 Å². The van der Waals surface area contributed by atoms with Crippen LogP contribution in [0.3, 0.4) is 0 Å². The summed E-state index contributed by atoms with van der Waals surface area (Å²) in [4.78, 5) is 5.74. The summed E-state index contributed by atoms with van der Waals surface area (Å²) in [5.41, 5.74) is 3.79. The van der Waals surface area contributed by atoms with Crippen LogP contribution in [0.4, 0.5) is 0 Å². The molecular formula is C14H21N3S. The van der Waals surface area contributed by atoms with Crippen LogP contribution in [0.15, 0.2) is 5.38 Å². The maximum Gasteiger partial charge on any atom is 0.194 e. The maximum atomic E-state index is 4.61. The molecule has 4 heteroatoms. The van der Waals surface area contributed by atoms with Crippen LogP contribution in [-0.2, 0) is 6.54 Å². The number of hydrogen-bond donors (Lipinski definition) is 1. The first kappa shape index (κ1) is 12.2. The van der Waals surface area contributed by atoms with Crippen LogP contribution in [0, 0.1) is 19.8 Å². The molecule has 98 valence electrons. The van der Waals surface area contributed by atoms with Crippen LogP contribution in [0.1, 0.15) is 42.8 Å². The second kappa shape index (κ2) is 5.02. The lowest BCUT2D eigenvalue weighted by molar-refractivity contribution is 0.586. The normalized spacial score (nSPS) is 15.7. The van der Waals surface area contributed by atoms with E-state index in [0.29, 0.717) is 0 Å². The Morgan fingerprint density at radius 1 is 1.44 bits per heavy atom. The molecule has 1 fully saturated rings. The van der Waals surface area contributed by atoms with E-state index >= 15 is 0 Å². The summed E-state index contributed by atoms with van der Waals surface area (Å²) < 4.78 is 2.29. The molecule has 0 aromatic carbocycles. The number of aryl methyl sites for hydroxylation is 2. The smallest absolute Gasteiger partial charge is 0.194 e. The van der Waals surface area contributed by atoms with E-state index in [1.54, 1.807) is 11.3 Å². The number of nitrogens with one attached hydrogen (secondary N) is 1. The molecule has 3 rings (SSSR count). The molecule has 3 nitrogen and oxygen atoms in total. The highest BCUT2D eigenvalue weighted by molar-refractivity contribution is 7.15. The monoisotopic (exact) mass is 263 g/mol. The number of rotatable bonds is 6. The molecule has 2 heterocycles. The highest BCUT2D eigenvalue weighted by atomic mass is 32.1. The summed E-state index contributed by atoms with van der Waals surface area (Å²) in [6, 6.07) is 0. The summed E-state index contributed by atoms with van der Waals surface area (Å²) in [5, 5.41) is 5.74. The van der Waals surface area contributed by atoms with Crippen molar-refractivity contribution in [3.8, 4) is 0 Å². The Labute approximate surface area is 112 Å². The molecule has 0 bridgehead atoms. The number of fused-ring (bicyclic) bond motifs is 1. The molecule has 2 aromatic rings. The Balaban J connectivity index is 1.58. The molecule has 0 radical (unpaired) electrons. The Morgan fingerprint density at radius 2 is 2.28 bits per heavy atom. The molecule has 2 aromatic heterocycles. The summed E-state index contributed by atoms with van der Waals surface area (Å²) >= 11 is 1.73. The van der Waals surface area contributed by atoms with E-state index in [1.807, 2.05) is 0 Å². The van der Waals surface area contributed by atoms with Gasteiger partial charge in [-0.05, 0) is 39.2 Å². The Hall–Kier alpha value is -0.870. The van der Waals surface area contributed by atoms with Gasteiger partial charge in [0.05, 0.1) is 11.4 Å². The van der Waals surface area contributed by atoms with E-state index in [1.165, 1.54) is 42.8 Å². The van der Waals surface area contributed by atoms with E-state index in [9.17, 15) is 0 Å². The van der Waals surface area contributed by atoms with Gasteiger partial charge in [-0.25, -0.2) is 4.98 Å². The molecule has 1 N–H and O–H groups in total. The summed E-state index contributed by atoms with van der Waals surface area (Å²) in [6.45, 7) is 6.34. The van der Waals surface area contributed by atoms with Gasteiger partial charge in [-0.3, -0.25) is 4.40 Å².